The van der Waals surface area contributed by atoms with E-state index in [1.165, 1.54) is 23.2 Å². The lowest BCUT2D eigenvalue weighted by atomic mass is 10.00. The summed E-state index contributed by atoms with van der Waals surface area (Å²) in [4.78, 5) is 12.2. The van der Waals surface area contributed by atoms with Crippen LogP contribution in [0.2, 0.25) is 0 Å². The highest BCUT2D eigenvalue weighted by Crippen LogP contribution is 2.28. The van der Waals surface area contributed by atoms with Crippen LogP contribution in [0.1, 0.15) is 36.2 Å². The van der Waals surface area contributed by atoms with E-state index in [-0.39, 0.29) is 5.91 Å². The summed E-state index contributed by atoms with van der Waals surface area (Å²) in [6, 6.07) is 14.4. The number of carbonyl (C=O) groups excluding carboxylic acids is 1. The minimum absolute atomic E-state index is 0.0154. The molecule has 2 heterocycles. The number of carbonyl (C=O) groups is 1. The molecule has 0 bridgehead atoms. The molecule has 0 radical (unpaired) electrons. The molecule has 138 valence electrons. The maximum Gasteiger partial charge on any atom is 0.251 e. The van der Waals surface area contributed by atoms with Crippen molar-refractivity contribution in [3.05, 3.63) is 53.6 Å². The number of hydrogen-bond donors (Lipinski definition) is 3. The lowest BCUT2D eigenvalue weighted by Gasteiger charge is -2.27. The Morgan fingerprint density at radius 1 is 1.08 bits per heavy atom. The molecule has 1 fully saturated rings. The van der Waals surface area contributed by atoms with E-state index in [9.17, 15) is 4.79 Å². The predicted octanol–water partition coefficient (Wildman–Crippen LogP) is 3.69. The van der Waals surface area contributed by atoms with Gasteiger partial charge in [-0.25, -0.2) is 0 Å². The van der Waals surface area contributed by atoms with Crippen molar-refractivity contribution in [1.82, 2.24) is 10.6 Å². The Balaban J connectivity index is 0.000000613. The number of benzene rings is 2. The van der Waals surface area contributed by atoms with E-state index < -0.39 is 0 Å². The number of fused-ring (bicyclic) bond motifs is 1. The largest absolute Gasteiger partial charge is 0.384 e. The quantitative estimate of drug-likeness (QED) is 0.787. The van der Waals surface area contributed by atoms with E-state index in [2.05, 4.69) is 48.0 Å². The molecular weight excluding hydrogens is 322 g/mol. The van der Waals surface area contributed by atoms with E-state index in [4.69, 9.17) is 0 Å². The first-order chi connectivity index (χ1) is 12.7. The molecule has 0 saturated carbocycles. The lowest BCUT2D eigenvalue weighted by molar-refractivity contribution is 0.0942. The summed E-state index contributed by atoms with van der Waals surface area (Å²) in [7, 11) is 0. The van der Waals surface area contributed by atoms with Gasteiger partial charge in [0.2, 0.25) is 0 Å². The van der Waals surface area contributed by atoms with E-state index >= 15 is 0 Å². The van der Waals surface area contributed by atoms with Crippen LogP contribution in [0.25, 0.3) is 11.1 Å². The second-order valence-electron chi connectivity index (χ2n) is 7.07. The third-order valence-electron chi connectivity index (χ3n) is 4.71. The molecule has 26 heavy (non-hydrogen) atoms. The van der Waals surface area contributed by atoms with Gasteiger partial charge in [-0.1, -0.05) is 38.5 Å². The molecule has 2 aromatic carbocycles. The van der Waals surface area contributed by atoms with Gasteiger partial charge in [0, 0.05) is 43.3 Å². The van der Waals surface area contributed by atoms with Crippen LogP contribution in [-0.2, 0) is 6.42 Å². The topological polar surface area (TPSA) is 53.2 Å². The van der Waals surface area contributed by atoms with Crippen LogP contribution >= 0.6 is 0 Å². The SMILES string of the molecule is CCC.O=C(NCC1CNC1)c1ccc(-c2ccc3c(c2)CCN3)cc1. The summed E-state index contributed by atoms with van der Waals surface area (Å²) in [5.74, 6) is 0.597. The summed E-state index contributed by atoms with van der Waals surface area (Å²) in [5, 5.41) is 9.60. The van der Waals surface area contributed by atoms with Gasteiger partial charge in [0.05, 0.1) is 0 Å². The molecule has 4 nitrogen and oxygen atoms in total. The van der Waals surface area contributed by atoms with Crippen molar-refractivity contribution in [2.24, 2.45) is 5.92 Å². The van der Waals surface area contributed by atoms with Crippen molar-refractivity contribution >= 4 is 11.6 Å². The highest BCUT2D eigenvalue weighted by molar-refractivity contribution is 5.94. The number of amides is 1. The maximum atomic E-state index is 12.2. The summed E-state index contributed by atoms with van der Waals surface area (Å²) < 4.78 is 0. The Kier molecular flexibility index (Phi) is 6.29. The van der Waals surface area contributed by atoms with E-state index in [1.807, 2.05) is 24.3 Å². The Hall–Kier alpha value is -2.33. The summed E-state index contributed by atoms with van der Waals surface area (Å²) >= 11 is 0. The molecule has 0 unspecified atom stereocenters. The predicted molar refractivity (Wildman–Crippen MR) is 109 cm³/mol. The van der Waals surface area contributed by atoms with Crippen molar-refractivity contribution in [2.75, 3.05) is 31.5 Å². The highest BCUT2D eigenvalue weighted by atomic mass is 16.1. The van der Waals surface area contributed by atoms with Gasteiger partial charge in [0.15, 0.2) is 0 Å². The molecule has 2 aromatic rings. The summed E-state index contributed by atoms with van der Waals surface area (Å²) in [6.45, 7) is 8.04. The van der Waals surface area contributed by atoms with Gasteiger partial charge in [-0.05, 0) is 47.4 Å². The Morgan fingerprint density at radius 2 is 1.77 bits per heavy atom. The molecule has 0 aromatic heterocycles. The third kappa shape index (κ3) is 4.44. The summed E-state index contributed by atoms with van der Waals surface area (Å²) in [5.41, 5.74) is 5.71. The number of hydrogen-bond acceptors (Lipinski definition) is 3. The molecule has 0 atom stereocenters. The lowest BCUT2D eigenvalue weighted by Crippen LogP contribution is -2.48. The van der Waals surface area contributed by atoms with E-state index in [0.29, 0.717) is 5.92 Å². The molecule has 2 aliphatic heterocycles. The number of nitrogens with one attached hydrogen (secondary N) is 3. The van der Waals surface area contributed by atoms with Gasteiger partial charge in [-0.15, -0.1) is 0 Å². The van der Waals surface area contributed by atoms with Crippen LogP contribution in [0.5, 0.6) is 0 Å². The fraction of sp³-hybridized carbons (Fsp3) is 0.409. The van der Waals surface area contributed by atoms with Crippen molar-refractivity contribution in [3.8, 4) is 11.1 Å². The first kappa shape index (κ1) is 18.5. The molecule has 0 aliphatic carbocycles. The van der Waals surface area contributed by atoms with Gasteiger partial charge < -0.3 is 16.0 Å². The van der Waals surface area contributed by atoms with Crippen molar-refractivity contribution in [3.63, 3.8) is 0 Å². The van der Waals surface area contributed by atoms with E-state index in [0.717, 1.165) is 43.7 Å². The highest BCUT2D eigenvalue weighted by Gasteiger charge is 2.17. The van der Waals surface area contributed by atoms with Gasteiger partial charge in [0.25, 0.3) is 5.91 Å². The van der Waals surface area contributed by atoms with Crippen molar-refractivity contribution < 1.29 is 4.79 Å². The van der Waals surface area contributed by atoms with Crippen LogP contribution in [0.3, 0.4) is 0 Å². The maximum absolute atomic E-state index is 12.2. The van der Waals surface area contributed by atoms with Crippen LogP contribution in [0, 0.1) is 5.92 Å². The molecule has 4 heteroatoms. The Labute approximate surface area is 156 Å². The van der Waals surface area contributed by atoms with Crippen LogP contribution in [0.15, 0.2) is 42.5 Å². The average molecular weight is 351 g/mol. The second kappa shape index (κ2) is 8.86. The minimum atomic E-state index is 0.0154. The fourth-order valence-electron chi connectivity index (χ4n) is 3.13. The molecule has 2 aliphatic rings. The molecular formula is C22H29N3O. The average Bonchev–Trinajstić information content (AvgIpc) is 3.09. The van der Waals surface area contributed by atoms with Crippen molar-refractivity contribution in [1.29, 1.82) is 0 Å². The fourth-order valence-corrected chi connectivity index (χ4v) is 3.13. The zero-order chi connectivity index (χ0) is 18.4. The minimum Gasteiger partial charge on any atom is -0.384 e. The van der Waals surface area contributed by atoms with Crippen molar-refractivity contribution in [2.45, 2.75) is 26.7 Å². The van der Waals surface area contributed by atoms with Gasteiger partial charge >= 0.3 is 0 Å². The van der Waals surface area contributed by atoms with Gasteiger partial charge in [-0.3, -0.25) is 4.79 Å². The van der Waals surface area contributed by atoms with E-state index in [1.54, 1.807) is 0 Å². The van der Waals surface area contributed by atoms with Gasteiger partial charge in [-0.2, -0.15) is 0 Å². The normalized spacial score (nSPS) is 15.2. The first-order valence-electron chi connectivity index (χ1n) is 9.67. The molecule has 1 amide bonds. The monoisotopic (exact) mass is 351 g/mol. The number of rotatable bonds is 4. The Bertz CT molecular complexity index is 736. The van der Waals surface area contributed by atoms with Crippen LogP contribution < -0.4 is 16.0 Å². The summed E-state index contributed by atoms with van der Waals surface area (Å²) in [6.07, 6.45) is 2.33. The van der Waals surface area contributed by atoms with Crippen LogP contribution in [0.4, 0.5) is 5.69 Å². The van der Waals surface area contributed by atoms with Gasteiger partial charge in [0.1, 0.15) is 0 Å². The zero-order valence-electron chi connectivity index (χ0n) is 15.8. The zero-order valence-corrected chi connectivity index (χ0v) is 15.8. The Morgan fingerprint density at radius 3 is 2.42 bits per heavy atom. The standard InChI is InChI=1S/C19H21N3O.C3H8/c23-19(22-12-13-10-20-11-13)15-3-1-14(2-4-15)16-5-6-18-17(9-16)7-8-21-18;1-3-2/h1-6,9,13,20-21H,7-8,10-12H2,(H,22,23);3H2,1-2H3. The first-order valence-corrected chi connectivity index (χ1v) is 9.67. The van der Waals surface area contributed by atoms with Crippen LogP contribution in [-0.4, -0.2) is 32.1 Å². The smallest absolute Gasteiger partial charge is 0.251 e. The molecule has 1 saturated heterocycles. The third-order valence-corrected chi connectivity index (χ3v) is 4.71. The molecule has 4 rings (SSSR count). The second-order valence-corrected chi connectivity index (χ2v) is 7.07. The molecule has 0 spiro atoms. The number of anilines is 1. The molecule has 3 N–H and O–H groups in total.